The number of nitrogens with zero attached hydrogens (tertiary/aromatic N) is 1. The van der Waals surface area contributed by atoms with Crippen LogP contribution in [0.5, 0.6) is 0 Å². The summed E-state index contributed by atoms with van der Waals surface area (Å²) in [5, 5.41) is 5.77. The Labute approximate surface area is 146 Å². The molecule has 25 heavy (non-hydrogen) atoms. The molecule has 2 N–H and O–H groups in total. The summed E-state index contributed by atoms with van der Waals surface area (Å²) in [4.78, 5) is 25.3. The predicted molar refractivity (Wildman–Crippen MR) is 94.5 cm³/mol. The van der Waals surface area contributed by atoms with Gasteiger partial charge in [0.15, 0.2) is 0 Å². The molecule has 2 heterocycles. The van der Waals surface area contributed by atoms with E-state index in [9.17, 15) is 14.0 Å². The van der Waals surface area contributed by atoms with Crippen molar-refractivity contribution in [1.29, 1.82) is 0 Å². The van der Waals surface area contributed by atoms with Gasteiger partial charge in [-0.1, -0.05) is 0 Å². The Morgan fingerprint density at radius 3 is 2.76 bits per heavy atom. The highest BCUT2D eigenvalue weighted by molar-refractivity contribution is 6.09. The minimum absolute atomic E-state index is 0.0656. The average molecular weight is 343 g/mol. The van der Waals surface area contributed by atoms with Crippen molar-refractivity contribution in [2.75, 3.05) is 5.32 Å². The second-order valence-electron chi connectivity index (χ2n) is 6.68. The van der Waals surface area contributed by atoms with Crippen LogP contribution in [0.15, 0.2) is 18.2 Å². The zero-order valence-electron chi connectivity index (χ0n) is 14.9. The van der Waals surface area contributed by atoms with Crippen LogP contribution in [0.25, 0.3) is 0 Å². The van der Waals surface area contributed by atoms with Gasteiger partial charge in [-0.25, -0.2) is 4.39 Å². The number of hydrogen-bond donors (Lipinski definition) is 2. The maximum atomic E-state index is 13.4. The lowest BCUT2D eigenvalue weighted by molar-refractivity contribution is 0.0934. The number of rotatable bonds is 2. The Morgan fingerprint density at radius 2 is 2.08 bits per heavy atom. The Bertz CT molecular complexity index is 870. The molecule has 1 aliphatic rings. The molecule has 1 unspecified atom stereocenters. The van der Waals surface area contributed by atoms with Crippen molar-refractivity contribution in [3.05, 3.63) is 52.1 Å². The van der Waals surface area contributed by atoms with Crippen molar-refractivity contribution in [3.8, 4) is 0 Å². The van der Waals surface area contributed by atoms with Crippen LogP contribution in [0, 0.1) is 19.7 Å². The van der Waals surface area contributed by atoms with Crippen molar-refractivity contribution in [3.63, 3.8) is 0 Å². The number of amides is 2. The number of fused-ring (bicyclic) bond motifs is 1. The van der Waals surface area contributed by atoms with E-state index in [1.165, 1.54) is 12.1 Å². The summed E-state index contributed by atoms with van der Waals surface area (Å²) in [7, 11) is 1.79. The number of aromatic nitrogens is 1. The van der Waals surface area contributed by atoms with Gasteiger partial charge >= 0.3 is 0 Å². The molecule has 1 aromatic heterocycles. The number of nitrogens with one attached hydrogen (secondary N) is 2. The van der Waals surface area contributed by atoms with Crippen molar-refractivity contribution in [2.24, 2.45) is 7.05 Å². The van der Waals surface area contributed by atoms with Crippen LogP contribution in [0.1, 0.15) is 51.0 Å². The third-order valence-corrected chi connectivity index (χ3v) is 4.85. The van der Waals surface area contributed by atoms with E-state index >= 15 is 0 Å². The zero-order chi connectivity index (χ0) is 18.3. The first-order valence-electron chi connectivity index (χ1n) is 8.36. The van der Waals surface area contributed by atoms with E-state index in [1.54, 1.807) is 24.6 Å². The Balaban J connectivity index is 1.99. The summed E-state index contributed by atoms with van der Waals surface area (Å²) < 4.78 is 15.2. The van der Waals surface area contributed by atoms with Crippen LogP contribution in [0.3, 0.4) is 0 Å². The standard InChI is InChI=1S/C19H22FN3O2/c1-10-9-13(6-8-15(10)20)22-18(24)16-12(3)23(4)17-14(16)7-5-11(2)21-19(17)25/h6,8-9,11H,5,7H2,1-4H3,(H,21,25)(H,22,24). The summed E-state index contributed by atoms with van der Waals surface area (Å²) in [6.45, 7) is 5.43. The second kappa shape index (κ2) is 6.35. The molecule has 2 aromatic rings. The molecule has 0 saturated heterocycles. The molecule has 1 aromatic carbocycles. The third-order valence-electron chi connectivity index (χ3n) is 4.85. The molecule has 0 saturated carbocycles. The van der Waals surface area contributed by atoms with Gasteiger partial charge in [-0.2, -0.15) is 0 Å². The molecule has 2 amide bonds. The van der Waals surface area contributed by atoms with Crippen LogP contribution in [0.4, 0.5) is 10.1 Å². The fourth-order valence-electron chi connectivity index (χ4n) is 3.35. The Morgan fingerprint density at radius 1 is 1.36 bits per heavy atom. The minimum Gasteiger partial charge on any atom is -0.348 e. The van der Waals surface area contributed by atoms with E-state index in [0.717, 1.165) is 17.7 Å². The number of hydrogen-bond acceptors (Lipinski definition) is 2. The smallest absolute Gasteiger partial charge is 0.268 e. The molecule has 0 radical (unpaired) electrons. The van der Waals surface area contributed by atoms with E-state index in [1.807, 2.05) is 13.8 Å². The number of carbonyl (C=O) groups excluding carboxylic acids is 2. The maximum absolute atomic E-state index is 13.4. The molecular weight excluding hydrogens is 321 g/mol. The van der Waals surface area contributed by atoms with Crippen molar-refractivity contribution >= 4 is 17.5 Å². The van der Waals surface area contributed by atoms with Gasteiger partial charge in [-0.15, -0.1) is 0 Å². The van der Waals surface area contributed by atoms with E-state index < -0.39 is 0 Å². The number of aryl methyl sites for hydroxylation is 1. The predicted octanol–water partition coefficient (Wildman–Crippen LogP) is 3.10. The molecule has 5 nitrogen and oxygen atoms in total. The van der Waals surface area contributed by atoms with E-state index in [2.05, 4.69) is 10.6 Å². The second-order valence-corrected chi connectivity index (χ2v) is 6.68. The van der Waals surface area contributed by atoms with Crippen LogP contribution in [-0.4, -0.2) is 22.4 Å². The van der Waals surface area contributed by atoms with Gasteiger partial charge < -0.3 is 15.2 Å². The largest absolute Gasteiger partial charge is 0.348 e. The fraction of sp³-hybridized carbons (Fsp3) is 0.368. The van der Waals surface area contributed by atoms with Gasteiger partial charge in [0.1, 0.15) is 11.5 Å². The monoisotopic (exact) mass is 343 g/mol. The van der Waals surface area contributed by atoms with E-state index in [4.69, 9.17) is 0 Å². The zero-order valence-corrected chi connectivity index (χ0v) is 14.9. The molecule has 0 fully saturated rings. The maximum Gasteiger partial charge on any atom is 0.268 e. The van der Waals surface area contributed by atoms with Crippen LogP contribution in [-0.2, 0) is 13.5 Å². The minimum atomic E-state index is -0.312. The molecule has 132 valence electrons. The van der Waals surface area contributed by atoms with Gasteiger partial charge in [0.2, 0.25) is 0 Å². The lowest BCUT2D eigenvalue weighted by atomic mass is 10.0. The molecular formula is C19H22FN3O2. The molecule has 0 bridgehead atoms. The highest BCUT2D eigenvalue weighted by atomic mass is 19.1. The SMILES string of the molecule is Cc1cc(NC(=O)c2c3c(n(C)c2C)C(=O)NC(C)CC3)ccc1F. The van der Waals surface area contributed by atoms with Gasteiger partial charge in [0, 0.05) is 24.5 Å². The first-order valence-corrected chi connectivity index (χ1v) is 8.36. The summed E-state index contributed by atoms with van der Waals surface area (Å²) >= 11 is 0. The number of carbonyl (C=O) groups is 2. The number of anilines is 1. The van der Waals surface area contributed by atoms with Crippen molar-refractivity contribution in [1.82, 2.24) is 9.88 Å². The molecule has 3 rings (SSSR count). The first-order chi connectivity index (χ1) is 11.8. The number of benzene rings is 1. The topological polar surface area (TPSA) is 63.1 Å². The van der Waals surface area contributed by atoms with Crippen LogP contribution < -0.4 is 10.6 Å². The lowest BCUT2D eigenvalue weighted by Crippen LogP contribution is -2.32. The van der Waals surface area contributed by atoms with Crippen molar-refractivity contribution < 1.29 is 14.0 Å². The fourth-order valence-corrected chi connectivity index (χ4v) is 3.35. The third kappa shape index (κ3) is 3.04. The average Bonchev–Trinajstić information content (AvgIpc) is 2.70. The molecule has 0 spiro atoms. The van der Waals surface area contributed by atoms with Gasteiger partial charge in [0.25, 0.3) is 11.8 Å². The Kier molecular flexibility index (Phi) is 4.37. The van der Waals surface area contributed by atoms with E-state index in [-0.39, 0.29) is 23.7 Å². The van der Waals surface area contributed by atoms with Crippen molar-refractivity contribution in [2.45, 2.75) is 39.7 Å². The number of halogens is 1. The summed E-state index contributed by atoms with van der Waals surface area (Å²) in [5.41, 5.74) is 3.59. The van der Waals surface area contributed by atoms with Crippen LogP contribution >= 0.6 is 0 Å². The molecule has 1 aliphatic heterocycles. The summed E-state index contributed by atoms with van der Waals surface area (Å²) in [6.07, 6.45) is 1.43. The molecule has 1 atom stereocenters. The summed E-state index contributed by atoms with van der Waals surface area (Å²) in [6, 6.07) is 4.53. The first kappa shape index (κ1) is 17.2. The van der Waals surface area contributed by atoms with Gasteiger partial charge in [0.05, 0.1) is 5.56 Å². The quantitative estimate of drug-likeness (QED) is 0.880. The van der Waals surface area contributed by atoms with Crippen LogP contribution in [0.2, 0.25) is 0 Å². The Hall–Kier alpha value is -2.63. The normalized spacial score (nSPS) is 16.8. The van der Waals surface area contributed by atoms with Gasteiger partial charge in [-0.05, 0) is 62.9 Å². The highest BCUT2D eigenvalue weighted by Gasteiger charge is 2.30. The molecule has 0 aliphatic carbocycles. The lowest BCUT2D eigenvalue weighted by Gasteiger charge is -2.11. The summed E-state index contributed by atoms with van der Waals surface area (Å²) in [5.74, 6) is -0.738. The highest BCUT2D eigenvalue weighted by Crippen LogP contribution is 2.27. The van der Waals surface area contributed by atoms with Gasteiger partial charge in [-0.3, -0.25) is 9.59 Å². The molecule has 6 heteroatoms. The van der Waals surface area contributed by atoms with E-state index in [0.29, 0.717) is 28.9 Å².